The van der Waals surface area contributed by atoms with Crippen molar-refractivity contribution >= 4 is 17.5 Å². The van der Waals surface area contributed by atoms with Crippen molar-refractivity contribution in [1.29, 1.82) is 0 Å². The maximum Gasteiger partial charge on any atom is 0.326 e. The van der Waals surface area contributed by atoms with Crippen molar-refractivity contribution in [3.63, 3.8) is 0 Å². The molecule has 2 aromatic rings. The molecule has 0 bridgehead atoms. The lowest BCUT2D eigenvalue weighted by molar-refractivity contribution is -0.140. The van der Waals surface area contributed by atoms with Crippen molar-refractivity contribution in [2.45, 2.75) is 26.8 Å². The number of nitrogens with one attached hydrogen (secondary N) is 1. The van der Waals surface area contributed by atoms with E-state index < -0.39 is 17.9 Å². The second-order valence-electron chi connectivity index (χ2n) is 4.93. The van der Waals surface area contributed by atoms with Gasteiger partial charge in [-0.3, -0.25) is 4.79 Å². The van der Waals surface area contributed by atoms with Gasteiger partial charge in [0.1, 0.15) is 11.6 Å². The highest BCUT2D eigenvalue weighted by Crippen LogP contribution is 2.10. The fraction of sp³-hybridized carbons (Fsp3) is 0.385. The SMILES string of the molecule is Cc1ccn2ncc(C(=O)N[C@@H](C(=O)O)C(C)C)c2n1. The molecule has 7 nitrogen and oxygen atoms in total. The summed E-state index contributed by atoms with van der Waals surface area (Å²) in [5.41, 5.74) is 1.43. The molecule has 1 atom stereocenters. The number of aromatic nitrogens is 3. The molecule has 2 heterocycles. The van der Waals surface area contributed by atoms with Crippen LogP contribution in [0.2, 0.25) is 0 Å². The first kappa shape index (κ1) is 14.0. The summed E-state index contributed by atoms with van der Waals surface area (Å²) in [4.78, 5) is 27.5. The molecular formula is C13H16N4O3. The van der Waals surface area contributed by atoms with Crippen molar-refractivity contribution in [3.05, 3.63) is 29.7 Å². The summed E-state index contributed by atoms with van der Waals surface area (Å²) in [7, 11) is 0. The van der Waals surface area contributed by atoms with Crippen LogP contribution in [-0.2, 0) is 4.79 Å². The highest BCUT2D eigenvalue weighted by atomic mass is 16.4. The van der Waals surface area contributed by atoms with Crippen molar-refractivity contribution in [3.8, 4) is 0 Å². The van der Waals surface area contributed by atoms with Gasteiger partial charge in [-0.2, -0.15) is 5.10 Å². The molecule has 0 aliphatic carbocycles. The molecule has 20 heavy (non-hydrogen) atoms. The zero-order valence-corrected chi connectivity index (χ0v) is 11.5. The minimum absolute atomic E-state index is 0.215. The molecule has 0 fully saturated rings. The summed E-state index contributed by atoms with van der Waals surface area (Å²) < 4.78 is 1.48. The van der Waals surface area contributed by atoms with E-state index in [1.54, 1.807) is 26.1 Å². The molecule has 7 heteroatoms. The molecule has 0 aromatic carbocycles. The van der Waals surface area contributed by atoms with Crippen LogP contribution in [0.1, 0.15) is 29.9 Å². The third-order valence-corrected chi connectivity index (χ3v) is 2.97. The highest BCUT2D eigenvalue weighted by molar-refractivity contribution is 6.01. The standard InChI is InChI=1S/C13H16N4O3/c1-7(2)10(13(19)20)16-12(18)9-6-14-17-5-4-8(3)15-11(9)17/h4-7,10H,1-3H3,(H,16,18)(H,19,20)/t10-/m1/s1. The first-order valence-corrected chi connectivity index (χ1v) is 6.25. The van der Waals surface area contributed by atoms with Gasteiger partial charge < -0.3 is 10.4 Å². The van der Waals surface area contributed by atoms with E-state index in [0.29, 0.717) is 5.65 Å². The van der Waals surface area contributed by atoms with Gasteiger partial charge in [0.2, 0.25) is 0 Å². The van der Waals surface area contributed by atoms with Crippen molar-refractivity contribution in [1.82, 2.24) is 19.9 Å². The Balaban J connectivity index is 2.32. The topological polar surface area (TPSA) is 96.6 Å². The van der Waals surface area contributed by atoms with Gasteiger partial charge in [-0.1, -0.05) is 13.8 Å². The molecule has 2 rings (SSSR count). The van der Waals surface area contributed by atoms with Gasteiger partial charge in [0, 0.05) is 11.9 Å². The predicted octanol–water partition coefficient (Wildman–Crippen LogP) is 0.877. The van der Waals surface area contributed by atoms with E-state index in [9.17, 15) is 9.59 Å². The quantitative estimate of drug-likeness (QED) is 0.864. The number of amides is 1. The number of aliphatic carboxylic acids is 1. The zero-order valence-electron chi connectivity index (χ0n) is 11.5. The summed E-state index contributed by atoms with van der Waals surface area (Å²) in [5.74, 6) is -1.76. The predicted molar refractivity (Wildman–Crippen MR) is 71.5 cm³/mol. The number of rotatable bonds is 4. The van der Waals surface area contributed by atoms with Crippen LogP contribution in [0.4, 0.5) is 0 Å². The lowest BCUT2D eigenvalue weighted by atomic mass is 10.0. The summed E-state index contributed by atoms with van der Waals surface area (Å²) >= 11 is 0. The number of hydrogen-bond donors (Lipinski definition) is 2. The van der Waals surface area contributed by atoms with Gasteiger partial charge >= 0.3 is 5.97 Å². The van der Waals surface area contributed by atoms with Gasteiger partial charge in [-0.15, -0.1) is 0 Å². The lowest BCUT2D eigenvalue weighted by Crippen LogP contribution is -2.44. The highest BCUT2D eigenvalue weighted by Gasteiger charge is 2.25. The number of nitrogens with zero attached hydrogens (tertiary/aromatic N) is 3. The molecule has 106 valence electrons. The Kier molecular flexibility index (Phi) is 3.69. The van der Waals surface area contributed by atoms with Crippen molar-refractivity contribution in [2.75, 3.05) is 0 Å². The normalized spacial score (nSPS) is 12.6. The average molecular weight is 276 g/mol. The van der Waals surface area contributed by atoms with Crippen LogP contribution in [-0.4, -0.2) is 37.6 Å². The third-order valence-electron chi connectivity index (χ3n) is 2.97. The Morgan fingerprint density at radius 2 is 2.10 bits per heavy atom. The van der Waals surface area contributed by atoms with Crippen molar-refractivity contribution in [2.24, 2.45) is 5.92 Å². The van der Waals surface area contributed by atoms with Crippen LogP contribution >= 0.6 is 0 Å². The van der Waals surface area contributed by atoms with Crippen LogP contribution in [0.25, 0.3) is 5.65 Å². The maximum absolute atomic E-state index is 12.2. The Hall–Kier alpha value is -2.44. The Morgan fingerprint density at radius 1 is 1.40 bits per heavy atom. The molecule has 2 N–H and O–H groups in total. The smallest absolute Gasteiger partial charge is 0.326 e. The average Bonchev–Trinajstić information content (AvgIpc) is 2.77. The second kappa shape index (κ2) is 5.28. The van der Waals surface area contributed by atoms with Gasteiger partial charge in [0.05, 0.1) is 6.20 Å². The molecule has 0 radical (unpaired) electrons. The fourth-order valence-corrected chi connectivity index (χ4v) is 1.85. The zero-order chi connectivity index (χ0) is 14.9. The van der Waals surface area contributed by atoms with Crippen molar-refractivity contribution < 1.29 is 14.7 Å². The largest absolute Gasteiger partial charge is 0.480 e. The summed E-state index contributed by atoms with van der Waals surface area (Å²) in [6.07, 6.45) is 3.09. The van der Waals surface area contributed by atoms with E-state index in [0.717, 1.165) is 5.69 Å². The van der Waals surface area contributed by atoms with Gasteiger partial charge in [0.15, 0.2) is 5.65 Å². The van der Waals surface area contributed by atoms with Crippen LogP contribution in [0.15, 0.2) is 18.5 Å². The van der Waals surface area contributed by atoms with E-state index in [2.05, 4.69) is 15.4 Å². The molecule has 0 spiro atoms. The molecule has 0 aliphatic heterocycles. The lowest BCUT2D eigenvalue weighted by Gasteiger charge is -2.17. The monoisotopic (exact) mass is 276 g/mol. The Bertz CT molecular complexity index is 663. The van der Waals surface area contributed by atoms with E-state index in [1.807, 2.05) is 6.92 Å². The second-order valence-corrected chi connectivity index (χ2v) is 4.93. The number of carboxylic acids is 1. The minimum Gasteiger partial charge on any atom is -0.480 e. The molecule has 0 saturated heterocycles. The summed E-state index contributed by atoms with van der Waals surface area (Å²) in [6.45, 7) is 5.28. The number of hydrogen-bond acceptors (Lipinski definition) is 4. The Labute approximate surface area is 115 Å². The fourth-order valence-electron chi connectivity index (χ4n) is 1.85. The van der Waals surface area contributed by atoms with Gasteiger partial charge in [-0.25, -0.2) is 14.3 Å². The number of fused-ring (bicyclic) bond motifs is 1. The molecule has 2 aromatic heterocycles. The van der Waals surface area contributed by atoms with Gasteiger partial charge in [-0.05, 0) is 18.9 Å². The third kappa shape index (κ3) is 2.61. The Morgan fingerprint density at radius 3 is 2.70 bits per heavy atom. The maximum atomic E-state index is 12.2. The van der Waals surface area contributed by atoms with Crippen LogP contribution in [0.3, 0.4) is 0 Å². The number of carboxylic acid groups (broad SMARTS) is 1. The number of aryl methyl sites for hydroxylation is 1. The minimum atomic E-state index is -1.06. The summed E-state index contributed by atoms with van der Waals surface area (Å²) in [6, 6.07) is 0.831. The molecule has 0 unspecified atom stereocenters. The van der Waals surface area contributed by atoms with E-state index in [-0.39, 0.29) is 11.5 Å². The van der Waals surface area contributed by atoms with E-state index >= 15 is 0 Å². The number of carbonyl (C=O) groups excluding carboxylic acids is 1. The first-order chi connectivity index (χ1) is 9.40. The molecule has 0 saturated carbocycles. The molecule has 1 amide bonds. The summed E-state index contributed by atoms with van der Waals surface area (Å²) in [5, 5.41) is 15.6. The number of carbonyl (C=O) groups is 2. The van der Waals surface area contributed by atoms with E-state index in [1.165, 1.54) is 10.7 Å². The first-order valence-electron chi connectivity index (χ1n) is 6.25. The van der Waals surface area contributed by atoms with Crippen LogP contribution in [0.5, 0.6) is 0 Å². The van der Waals surface area contributed by atoms with Crippen LogP contribution < -0.4 is 5.32 Å². The molecule has 0 aliphatic rings. The van der Waals surface area contributed by atoms with Crippen LogP contribution in [0, 0.1) is 12.8 Å². The van der Waals surface area contributed by atoms with Gasteiger partial charge in [0.25, 0.3) is 5.91 Å². The molecular weight excluding hydrogens is 260 g/mol. The van der Waals surface area contributed by atoms with E-state index in [4.69, 9.17) is 5.11 Å².